The van der Waals surface area contributed by atoms with Gasteiger partial charge in [-0.15, -0.1) is 0 Å². The zero-order valence-electron chi connectivity index (χ0n) is 13.7. The van der Waals surface area contributed by atoms with Gasteiger partial charge in [0.25, 0.3) is 0 Å². The number of benzene rings is 2. The third kappa shape index (κ3) is 4.47. The molecule has 7 heteroatoms. The fraction of sp³-hybridized carbons (Fsp3) is 0.278. The Kier molecular flexibility index (Phi) is 5.85. The summed E-state index contributed by atoms with van der Waals surface area (Å²) in [7, 11) is 1.59. The van der Waals surface area contributed by atoms with E-state index in [1.54, 1.807) is 7.11 Å². The fourth-order valence-corrected chi connectivity index (χ4v) is 2.98. The van der Waals surface area contributed by atoms with Gasteiger partial charge in [-0.2, -0.15) is 0 Å². The Hall–Kier alpha value is -2.16. The van der Waals surface area contributed by atoms with Gasteiger partial charge in [-0.1, -0.05) is 52.9 Å². The number of alkyl halides is 1. The van der Waals surface area contributed by atoms with E-state index in [2.05, 4.69) is 27.9 Å². The van der Waals surface area contributed by atoms with Gasteiger partial charge in [0, 0.05) is 6.54 Å². The van der Waals surface area contributed by atoms with Gasteiger partial charge in [0.05, 0.1) is 11.0 Å². The molecule has 2 aromatic rings. The third-order valence-electron chi connectivity index (χ3n) is 3.68. The second-order valence-corrected chi connectivity index (χ2v) is 6.87. The molecule has 0 radical (unpaired) electrons. The Morgan fingerprint density at radius 3 is 2.84 bits per heavy atom. The van der Waals surface area contributed by atoms with Crippen LogP contribution >= 0.6 is 22.6 Å². The highest BCUT2D eigenvalue weighted by Crippen LogP contribution is 2.44. The first-order valence-electron chi connectivity index (χ1n) is 7.73. The molecule has 25 heavy (non-hydrogen) atoms. The minimum absolute atomic E-state index is 0.0327. The molecule has 1 N–H and O–H groups in total. The fourth-order valence-electron chi connectivity index (χ4n) is 2.40. The van der Waals surface area contributed by atoms with Gasteiger partial charge in [0.15, 0.2) is 11.5 Å². The molecule has 0 spiro atoms. The van der Waals surface area contributed by atoms with E-state index in [1.807, 2.05) is 42.5 Å². The van der Waals surface area contributed by atoms with Crippen LogP contribution in [0, 0.1) is 0 Å². The molecule has 1 aliphatic rings. The summed E-state index contributed by atoms with van der Waals surface area (Å²) in [6.45, 7) is 0.860. The van der Waals surface area contributed by atoms with Gasteiger partial charge in [-0.3, -0.25) is 0 Å². The summed E-state index contributed by atoms with van der Waals surface area (Å²) < 4.78 is 21.4. The zero-order chi connectivity index (χ0) is 17.6. The summed E-state index contributed by atoms with van der Waals surface area (Å²) in [4.78, 5) is 11.9. The lowest BCUT2D eigenvalue weighted by Crippen LogP contribution is -2.27. The molecule has 1 heterocycles. The lowest BCUT2D eigenvalue weighted by molar-refractivity contribution is 0.140. The summed E-state index contributed by atoms with van der Waals surface area (Å²) in [5.41, 5.74) is 1.93. The van der Waals surface area contributed by atoms with E-state index in [0.717, 1.165) is 11.1 Å². The van der Waals surface area contributed by atoms with E-state index in [4.69, 9.17) is 18.9 Å². The van der Waals surface area contributed by atoms with Crippen molar-refractivity contribution in [3.8, 4) is 17.2 Å². The first-order chi connectivity index (χ1) is 12.2. The van der Waals surface area contributed by atoms with Crippen molar-refractivity contribution in [3.63, 3.8) is 0 Å². The maximum Gasteiger partial charge on any atom is 0.407 e. The van der Waals surface area contributed by atoms with Crippen LogP contribution in [0.15, 0.2) is 42.5 Å². The summed E-state index contributed by atoms with van der Waals surface area (Å²) in [5.74, 6) is 1.89. The standard InChI is InChI=1S/C18H18INO5/c1-22-15-7-13(8-16-17(15)25-11-24-16)14(19)9-20-18(21)23-10-12-5-3-2-4-6-12/h2-8,14H,9-11H2,1H3,(H,20,21). The predicted octanol–water partition coefficient (Wildman–Crippen LogP) is 3.83. The van der Waals surface area contributed by atoms with E-state index < -0.39 is 6.09 Å². The van der Waals surface area contributed by atoms with E-state index in [-0.39, 0.29) is 17.3 Å². The number of fused-ring (bicyclic) bond motifs is 1. The number of hydrogen-bond acceptors (Lipinski definition) is 5. The number of rotatable bonds is 6. The number of amides is 1. The van der Waals surface area contributed by atoms with Gasteiger partial charge in [0.2, 0.25) is 12.5 Å². The highest BCUT2D eigenvalue weighted by atomic mass is 127. The first kappa shape index (κ1) is 17.7. The van der Waals surface area contributed by atoms with Crippen molar-refractivity contribution < 1.29 is 23.7 Å². The molecule has 0 aromatic heterocycles. The minimum Gasteiger partial charge on any atom is -0.493 e. The van der Waals surface area contributed by atoms with Crippen molar-refractivity contribution in [1.82, 2.24) is 5.32 Å². The van der Waals surface area contributed by atoms with Crippen LogP contribution in [-0.4, -0.2) is 26.5 Å². The van der Waals surface area contributed by atoms with Crippen LogP contribution in [0.1, 0.15) is 15.1 Å². The molecule has 1 atom stereocenters. The topological polar surface area (TPSA) is 66.0 Å². The molecule has 2 aromatic carbocycles. The zero-order valence-corrected chi connectivity index (χ0v) is 15.8. The van der Waals surface area contributed by atoms with Crippen LogP contribution in [0.2, 0.25) is 0 Å². The number of alkyl carbamates (subject to hydrolysis) is 1. The Morgan fingerprint density at radius 1 is 1.28 bits per heavy atom. The second kappa shape index (κ2) is 8.28. The van der Waals surface area contributed by atoms with Crippen molar-refractivity contribution in [2.45, 2.75) is 10.5 Å². The van der Waals surface area contributed by atoms with E-state index in [1.165, 1.54) is 0 Å². The van der Waals surface area contributed by atoms with Crippen LogP contribution in [0.5, 0.6) is 17.2 Å². The summed E-state index contributed by atoms with van der Waals surface area (Å²) in [6.07, 6.45) is -0.446. The number of hydrogen-bond donors (Lipinski definition) is 1. The Morgan fingerprint density at radius 2 is 2.08 bits per heavy atom. The molecule has 1 aliphatic heterocycles. The van der Waals surface area contributed by atoms with E-state index in [9.17, 15) is 4.79 Å². The van der Waals surface area contributed by atoms with Crippen molar-refractivity contribution in [2.75, 3.05) is 20.4 Å². The highest BCUT2D eigenvalue weighted by molar-refractivity contribution is 14.1. The molecular formula is C18H18INO5. The molecule has 0 saturated carbocycles. The van der Waals surface area contributed by atoms with E-state index in [0.29, 0.717) is 23.8 Å². The average Bonchev–Trinajstić information content (AvgIpc) is 3.13. The number of carbonyl (C=O) groups excluding carboxylic acids is 1. The van der Waals surface area contributed by atoms with Crippen molar-refractivity contribution in [3.05, 3.63) is 53.6 Å². The number of carbonyl (C=O) groups is 1. The smallest absolute Gasteiger partial charge is 0.407 e. The molecule has 132 valence electrons. The molecule has 1 unspecified atom stereocenters. The van der Waals surface area contributed by atoms with Gasteiger partial charge < -0.3 is 24.3 Å². The number of nitrogens with one attached hydrogen (secondary N) is 1. The Bertz CT molecular complexity index is 738. The summed E-state index contributed by atoms with van der Waals surface area (Å²) >= 11 is 2.26. The highest BCUT2D eigenvalue weighted by Gasteiger charge is 2.22. The van der Waals surface area contributed by atoms with Gasteiger partial charge in [0.1, 0.15) is 6.61 Å². The van der Waals surface area contributed by atoms with Gasteiger partial charge in [-0.05, 0) is 23.3 Å². The van der Waals surface area contributed by atoms with Crippen molar-refractivity contribution in [1.29, 1.82) is 0 Å². The molecule has 0 saturated heterocycles. The monoisotopic (exact) mass is 455 g/mol. The van der Waals surface area contributed by atoms with Crippen LogP contribution in [-0.2, 0) is 11.3 Å². The summed E-state index contributed by atoms with van der Waals surface area (Å²) in [5, 5.41) is 2.77. The number of methoxy groups -OCH3 is 1. The van der Waals surface area contributed by atoms with Crippen LogP contribution in [0.25, 0.3) is 0 Å². The van der Waals surface area contributed by atoms with Crippen molar-refractivity contribution in [2.24, 2.45) is 0 Å². The molecular weight excluding hydrogens is 437 g/mol. The third-order valence-corrected chi connectivity index (χ3v) is 4.84. The normalized spacial score (nSPS) is 13.2. The quantitative estimate of drug-likeness (QED) is 0.530. The molecule has 1 amide bonds. The largest absolute Gasteiger partial charge is 0.493 e. The van der Waals surface area contributed by atoms with Crippen LogP contribution < -0.4 is 19.5 Å². The minimum atomic E-state index is -0.446. The Balaban J connectivity index is 1.54. The lowest BCUT2D eigenvalue weighted by Gasteiger charge is -2.14. The Labute approximate surface area is 159 Å². The first-order valence-corrected chi connectivity index (χ1v) is 8.98. The van der Waals surface area contributed by atoms with Crippen LogP contribution in [0.3, 0.4) is 0 Å². The van der Waals surface area contributed by atoms with E-state index >= 15 is 0 Å². The second-order valence-electron chi connectivity index (χ2n) is 5.37. The lowest BCUT2D eigenvalue weighted by atomic mass is 10.1. The van der Waals surface area contributed by atoms with Gasteiger partial charge in [-0.25, -0.2) is 4.79 Å². The SMILES string of the molecule is COc1cc(C(I)CNC(=O)OCc2ccccc2)cc2c1OCO2. The molecule has 3 rings (SSSR count). The predicted molar refractivity (Wildman–Crippen MR) is 101 cm³/mol. The molecule has 6 nitrogen and oxygen atoms in total. The maximum absolute atomic E-state index is 11.9. The van der Waals surface area contributed by atoms with Crippen molar-refractivity contribution >= 4 is 28.7 Å². The molecule has 0 bridgehead atoms. The summed E-state index contributed by atoms with van der Waals surface area (Å²) in [6, 6.07) is 13.3. The molecule has 0 fully saturated rings. The average molecular weight is 455 g/mol. The van der Waals surface area contributed by atoms with Gasteiger partial charge >= 0.3 is 6.09 Å². The number of ether oxygens (including phenoxy) is 4. The van der Waals surface area contributed by atoms with Crippen LogP contribution in [0.4, 0.5) is 4.79 Å². The maximum atomic E-state index is 11.9. The number of halogens is 1. The molecule has 0 aliphatic carbocycles.